The molecule has 6 aromatic carbocycles. The van der Waals surface area contributed by atoms with E-state index in [1.54, 1.807) is 0 Å². The second-order valence-corrected chi connectivity index (χ2v) is 11.7. The molecule has 47 heavy (non-hydrogen) atoms. The fourth-order valence-electron chi connectivity index (χ4n) is 6.63. The molecule has 0 amide bonds. The van der Waals surface area contributed by atoms with Crippen LogP contribution in [0.2, 0.25) is 0 Å². The molecule has 0 aliphatic carbocycles. The van der Waals surface area contributed by atoms with Crippen LogP contribution in [0.15, 0.2) is 170 Å². The molecular formula is C43H28N4. The molecular weight excluding hydrogens is 573 g/mol. The Morgan fingerprint density at radius 2 is 0.957 bits per heavy atom. The van der Waals surface area contributed by atoms with Gasteiger partial charge in [0.1, 0.15) is 0 Å². The third kappa shape index (κ3) is 4.66. The molecule has 0 atom stereocenters. The van der Waals surface area contributed by atoms with Crippen LogP contribution in [0.4, 0.5) is 0 Å². The summed E-state index contributed by atoms with van der Waals surface area (Å²) in [6, 6.07) is 58.8. The zero-order valence-electron chi connectivity index (χ0n) is 25.5. The molecule has 0 bridgehead atoms. The van der Waals surface area contributed by atoms with Crippen LogP contribution in [0, 0.1) is 0 Å². The van der Waals surface area contributed by atoms with Gasteiger partial charge in [0.25, 0.3) is 0 Å². The Balaban J connectivity index is 1.31. The Morgan fingerprint density at radius 3 is 1.66 bits per heavy atom. The normalized spacial score (nSPS) is 11.4. The number of fused-ring (bicyclic) bond motifs is 5. The van der Waals surface area contributed by atoms with Crippen molar-refractivity contribution >= 4 is 32.7 Å². The number of benzene rings is 6. The Morgan fingerprint density at radius 1 is 0.404 bits per heavy atom. The van der Waals surface area contributed by atoms with E-state index in [2.05, 4.69) is 138 Å². The summed E-state index contributed by atoms with van der Waals surface area (Å²) in [5.74, 6) is 0.677. The van der Waals surface area contributed by atoms with Crippen molar-refractivity contribution in [1.82, 2.24) is 19.5 Å². The largest absolute Gasteiger partial charge is 0.308 e. The topological polar surface area (TPSA) is 43.6 Å². The number of rotatable bonds is 5. The van der Waals surface area contributed by atoms with Crippen LogP contribution in [0.25, 0.3) is 83.6 Å². The molecule has 0 saturated carbocycles. The van der Waals surface area contributed by atoms with Crippen molar-refractivity contribution in [2.75, 3.05) is 0 Å². The van der Waals surface area contributed by atoms with Crippen molar-refractivity contribution in [3.8, 4) is 50.8 Å². The van der Waals surface area contributed by atoms with Crippen molar-refractivity contribution in [3.63, 3.8) is 0 Å². The highest BCUT2D eigenvalue weighted by molar-refractivity contribution is 6.22. The van der Waals surface area contributed by atoms with Crippen molar-refractivity contribution in [2.24, 2.45) is 0 Å². The first kappa shape index (κ1) is 27.0. The van der Waals surface area contributed by atoms with Crippen LogP contribution in [0.5, 0.6) is 0 Å². The van der Waals surface area contributed by atoms with E-state index in [-0.39, 0.29) is 0 Å². The lowest BCUT2D eigenvalue weighted by atomic mass is 10.00. The van der Waals surface area contributed by atoms with Gasteiger partial charge in [0.2, 0.25) is 0 Å². The van der Waals surface area contributed by atoms with Gasteiger partial charge in [0, 0.05) is 44.1 Å². The Hall–Kier alpha value is -6.39. The van der Waals surface area contributed by atoms with Gasteiger partial charge in [0.05, 0.1) is 33.6 Å². The van der Waals surface area contributed by atoms with Gasteiger partial charge in [-0.2, -0.15) is 0 Å². The highest BCUT2D eigenvalue weighted by Gasteiger charge is 2.21. The van der Waals surface area contributed by atoms with E-state index in [1.165, 1.54) is 5.39 Å². The van der Waals surface area contributed by atoms with Crippen molar-refractivity contribution in [3.05, 3.63) is 170 Å². The summed E-state index contributed by atoms with van der Waals surface area (Å²) in [6.07, 6.45) is 0. The highest BCUT2D eigenvalue weighted by Crippen LogP contribution is 2.41. The number of para-hydroxylation sites is 3. The molecule has 0 N–H and O–H groups in total. The van der Waals surface area contributed by atoms with Gasteiger partial charge in [0.15, 0.2) is 5.82 Å². The molecule has 4 heteroatoms. The Kier molecular flexibility index (Phi) is 6.43. The average Bonchev–Trinajstić information content (AvgIpc) is 3.51. The minimum atomic E-state index is 0.677. The summed E-state index contributed by atoms with van der Waals surface area (Å²) in [4.78, 5) is 15.6. The Labute approximate surface area is 272 Å². The summed E-state index contributed by atoms with van der Waals surface area (Å²) in [7, 11) is 0. The maximum absolute atomic E-state index is 5.34. The SMILES string of the molecule is c1ccc(-c2cc(-c3ccccc3)nc(-c3cccc(-c4nc5ccccc5c5c4c4ccccc4n5-c4ccccc4)c3)n2)cc1. The standard InChI is InChI=1S/C43H28N4/c1-4-15-29(16-5-1)37-28-38(30-17-6-2-7-18-30)46-43(45-37)32-20-14-19-31(27-32)41-40-35-24-11-13-26-39(35)47(33-21-8-3-9-22-33)42(40)34-23-10-12-25-36(34)44-41/h1-28H. The summed E-state index contributed by atoms with van der Waals surface area (Å²) in [5, 5.41) is 3.41. The predicted molar refractivity (Wildman–Crippen MR) is 193 cm³/mol. The van der Waals surface area contributed by atoms with Crippen LogP contribution in [-0.4, -0.2) is 19.5 Å². The van der Waals surface area contributed by atoms with E-state index in [1.807, 2.05) is 36.4 Å². The number of aromatic nitrogens is 4. The quantitative estimate of drug-likeness (QED) is 0.197. The molecule has 220 valence electrons. The maximum atomic E-state index is 5.34. The Bertz CT molecular complexity index is 2500. The molecule has 0 aliphatic heterocycles. The van der Waals surface area contributed by atoms with E-state index >= 15 is 0 Å². The smallest absolute Gasteiger partial charge is 0.160 e. The van der Waals surface area contributed by atoms with Crippen LogP contribution < -0.4 is 0 Å². The number of hydrogen-bond donors (Lipinski definition) is 0. The van der Waals surface area contributed by atoms with Crippen molar-refractivity contribution < 1.29 is 0 Å². The van der Waals surface area contributed by atoms with E-state index in [0.717, 1.165) is 72.3 Å². The molecule has 9 rings (SSSR count). The molecule has 0 unspecified atom stereocenters. The molecule has 0 fully saturated rings. The summed E-state index contributed by atoms with van der Waals surface area (Å²) < 4.78 is 2.38. The van der Waals surface area contributed by atoms with Crippen LogP contribution in [0.3, 0.4) is 0 Å². The first-order valence-electron chi connectivity index (χ1n) is 15.8. The lowest BCUT2D eigenvalue weighted by Gasteiger charge is -2.13. The lowest BCUT2D eigenvalue weighted by molar-refractivity contribution is 1.18. The van der Waals surface area contributed by atoms with E-state index < -0.39 is 0 Å². The first-order chi connectivity index (χ1) is 23.3. The molecule has 3 aromatic heterocycles. The van der Waals surface area contributed by atoms with E-state index in [4.69, 9.17) is 15.0 Å². The number of nitrogens with zero attached hydrogens (tertiary/aromatic N) is 4. The van der Waals surface area contributed by atoms with Gasteiger partial charge in [-0.1, -0.05) is 133 Å². The van der Waals surface area contributed by atoms with Gasteiger partial charge >= 0.3 is 0 Å². The van der Waals surface area contributed by atoms with Gasteiger partial charge in [-0.25, -0.2) is 15.0 Å². The van der Waals surface area contributed by atoms with Crippen molar-refractivity contribution in [1.29, 1.82) is 0 Å². The molecule has 0 spiro atoms. The first-order valence-corrected chi connectivity index (χ1v) is 15.8. The summed E-state index contributed by atoms with van der Waals surface area (Å²) in [6.45, 7) is 0. The number of hydrogen-bond acceptors (Lipinski definition) is 3. The summed E-state index contributed by atoms with van der Waals surface area (Å²) in [5.41, 5.74) is 11.1. The lowest BCUT2D eigenvalue weighted by Crippen LogP contribution is -1.97. The molecule has 3 heterocycles. The van der Waals surface area contributed by atoms with Crippen LogP contribution in [-0.2, 0) is 0 Å². The average molecular weight is 601 g/mol. The van der Waals surface area contributed by atoms with Gasteiger partial charge in [-0.15, -0.1) is 0 Å². The zero-order valence-corrected chi connectivity index (χ0v) is 25.5. The van der Waals surface area contributed by atoms with Crippen LogP contribution in [0.1, 0.15) is 0 Å². The van der Waals surface area contributed by atoms with Gasteiger partial charge in [-0.05, 0) is 36.4 Å². The number of pyridine rings is 1. The fourth-order valence-corrected chi connectivity index (χ4v) is 6.63. The molecule has 9 aromatic rings. The molecule has 0 saturated heterocycles. The van der Waals surface area contributed by atoms with Crippen molar-refractivity contribution in [2.45, 2.75) is 0 Å². The van der Waals surface area contributed by atoms with E-state index in [9.17, 15) is 0 Å². The van der Waals surface area contributed by atoms with E-state index in [0.29, 0.717) is 5.82 Å². The minimum Gasteiger partial charge on any atom is -0.308 e. The molecule has 4 nitrogen and oxygen atoms in total. The zero-order chi connectivity index (χ0) is 31.2. The third-order valence-electron chi connectivity index (χ3n) is 8.78. The monoisotopic (exact) mass is 600 g/mol. The van der Waals surface area contributed by atoms with Crippen LogP contribution >= 0.6 is 0 Å². The van der Waals surface area contributed by atoms with Gasteiger partial charge in [-0.3, -0.25) is 0 Å². The molecule has 0 aliphatic rings. The minimum absolute atomic E-state index is 0.677. The second kappa shape index (κ2) is 11.2. The second-order valence-electron chi connectivity index (χ2n) is 11.7. The maximum Gasteiger partial charge on any atom is 0.160 e. The summed E-state index contributed by atoms with van der Waals surface area (Å²) >= 11 is 0. The molecule has 0 radical (unpaired) electrons. The third-order valence-corrected chi connectivity index (χ3v) is 8.78. The highest BCUT2D eigenvalue weighted by atomic mass is 15.0. The predicted octanol–water partition coefficient (Wildman–Crippen LogP) is 10.8. The fraction of sp³-hybridized carbons (Fsp3) is 0. The van der Waals surface area contributed by atoms with Gasteiger partial charge < -0.3 is 4.57 Å².